The highest BCUT2D eigenvalue weighted by atomic mass is 19.1. The molecule has 6 heteroatoms. The van der Waals surface area contributed by atoms with Crippen LogP contribution in [0.25, 0.3) is 10.8 Å². The Bertz CT molecular complexity index is 868. The lowest BCUT2D eigenvalue weighted by Gasteiger charge is -2.12. The van der Waals surface area contributed by atoms with E-state index >= 15 is 0 Å². The molecule has 0 spiro atoms. The van der Waals surface area contributed by atoms with Crippen molar-refractivity contribution in [2.24, 2.45) is 0 Å². The molecule has 0 aliphatic rings. The second-order valence-electron chi connectivity index (χ2n) is 4.72. The number of hydrogen-bond acceptors (Lipinski definition) is 4. The fourth-order valence-electron chi connectivity index (χ4n) is 2.22. The molecule has 0 aliphatic heterocycles. The Balaban J connectivity index is 2.10. The number of aromatic nitrogens is 1. The van der Waals surface area contributed by atoms with Crippen LogP contribution >= 0.6 is 0 Å². The van der Waals surface area contributed by atoms with Gasteiger partial charge >= 0.3 is 0 Å². The molecular weight excluding hydrogens is 304 g/mol. The van der Waals surface area contributed by atoms with E-state index in [1.54, 1.807) is 18.2 Å². The lowest BCUT2D eigenvalue weighted by atomic mass is 10.1. The maximum atomic E-state index is 13.8. The molecule has 2 aromatic carbocycles. The SMILES string of the molecule is COc1cc2ccnc(Oc3ccc(F)cc3F)c2cc1OC. The summed E-state index contributed by atoms with van der Waals surface area (Å²) in [5, 5.41) is 1.41. The van der Waals surface area contributed by atoms with Crippen LogP contribution in [0.15, 0.2) is 42.6 Å². The number of methoxy groups -OCH3 is 2. The van der Waals surface area contributed by atoms with Crippen LogP contribution in [0.1, 0.15) is 0 Å². The van der Waals surface area contributed by atoms with Gasteiger partial charge in [-0.25, -0.2) is 13.8 Å². The molecule has 3 aromatic rings. The molecule has 4 nitrogen and oxygen atoms in total. The Morgan fingerprint density at radius 1 is 0.870 bits per heavy atom. The van der Waals surface area contributed by atoms with Crippen molar-refractivity contribution >= 4 is 10.8 Å². The van der Waals surface area contributed by atoms with Gasteiger partial charge in [-0.05, 0) is 35.7 Å². The van der Waals surface area contributed by atoms with Crippen molar-refractivity contribution in [2.45, 2.75) is 0 Å². The molecular formula is C17H13F2NO3. The molecule has 0 saturated carbocycles. The maximum absolute atomic E-state index is 13.8. The molecule has 23 heavy (non-hydrogen) atoms. The summed E-state index contributed by atoms with van der Waals surface area (Å²) in [5.41, 5.74) is 0. The fraction of sp³-hybridized carbons (Fsp3) is 0.118. The Hall–Kier alpha value is -2.89. The first-order valence-corrected chi connectivity index (χ1v) is 6.76. The number of halogens is 2. The number of fused-ring (bicyclic) bond motifs is 1. The summed E-state index contributed by atoms with van der Waals surface area (Å²) in [4.78, 5) is 4.12. The molecule has 0 aliphatic carbocycles. The largest absolute Gasteiger partial charge is 0.493 e. The first-order chi connectivity index (χ1) is 11.1. The van der Waals surface area contributed by atoms with E-state index in [9.17, 15) is 8.78 Å². The highest BCUT2D eigenvalue weighted by Crippen LogP contribution is 2.37. The fourth-order valence-corrected chi connectivity index (χ4v) is 2.22. The van der Waals surface area contributed by atoms with Crippen molar-refractivity contribution in [1.82, 2.24) is 4.98 Å². The molecule has 0 N–H and O–H groups in total. The molecule has 0 bridgehead atoms. The summed E-state index contributed by atoms with van der Waals surface area (Å²) in [7, 11) is 3.05. The summed E-state index contributed by atoms with van der Waals surface area (Å²) in [6, 6.07) is 8.32. The Labute approximate surface area is 131 Å². The third-order valence-electron chi connectivity index (χ3n) is 3.33. The summed E-state index contributed by atoms with van der Waals surface area (Å²) in [6.07, 6.45) is 1.53. The van der Waals surface area contributed by atoms with Gasteiger partial charge in [-0.3, -0.25) is 0 Å². The zero-order valence-electron chi connectivity index (χ0n) is 12.5. The summed E-state index contributed by atoms with van der Waals surface area (Å²) in [6.45, 7) is 0. The van der Waals surface area contributed by atoms with E-state index in [1.807, 2.05) is 0 Å². The van der Waals surface area contributed by atoms with E-state index in [4.69, 9.17) is 14.2 Å². The van der Waals surface area contributed by atoms with Gasteiger partial charge in [0.2, 0.25) is 5.88 Å². The van der Waals surface area contributed by atoms with E-state index in [2.05, 4.69) is 4.98 Å². The molecule has 0 fully saturated rings. The van der Waals surface area contributed by atoms with E-state index in [-0.39, 0.29) is 11.6 Å². The minimum Gasteiger partial charge on any atom is -0.493 e. The minimum absolute atomic E-state index is 0.110. The molecule has 0 atom stereocenters. The van der Waals surface area contributed by atoms with Crippen LogP contribution in [0.5, 0.6) is 23.1 Å². The molecule has 0 radical (unpaired) electrons. The second-order valence-corrected chi connectivity index (χ2v) is 4.72. The predicted molar refractivity (Wildman–Crippen MR) is 81.3 cm³/mol. The van der Waals surface area contributed by atoms with Gasteiger partial charge in [0.25, 0.3) is 0 Å². The van der Waals surface area contributed by atoms with Crippen molar-refractivity contribution < 1.29 is 23.0 Å². The van der Waals surface area contributed by atoms with Crippen molar-refractivity contribution in [3.63, 3.8) is 0 Å². The zero-order chi connectivity index (χ0) is 16.4. The number of hydrogen-bond donors (Lipinski definition) is 0. The molecule has 1 heterocycles. The van der Waals surface area contributed by atoms with Crippen molar-refractivity contribution in [2.75, 3.05) is 14.2 Å². The summed E-state index contributed by atoms with van der Waals surface area (Å²) < 4.78 is 42.7. The first-order valence-electron chi connectivity index (χ1n) is 6.76. The average molecular weight is 317 g/mol. The van der Waals surface area contributed by atoms with Gasteiger partial charge in [0, 0.05) is 17.6 Å². The third kappa shape index (κ3) is 2.88. The topological polar surface area (TPSA) is 40.6 Å². The van der Waals surface area contributed by atoms with Gasteiger partial charge in [-0.1, -0.05) is 0 Å². The second kappa shape index (κ2) is 6.08. The molecule has 0 saturated heterocycles. The lowest BCUT2D eigenvalue weighted by Crippen LogP contribution is -1.95. The van der Waals surface area contributed by atoms with Crippen molar-refractivity contribution in [1.29, 1.82) is 0 Å². The standard InChI is InChI=1S/C17H13F2NO3/c1-21-15-7-10-5-6-20-17(12(10)9-16(15)22-2)23-14-4-3-11(18)8-13(14)19/h3-9H,1-2H3. The van der Waals surface area contributed by atoms with Crippen LogP contribution in [-0.4, -0.2) is 19.2 Å². The number of ether oxygens (including phenoxy) is 3. The maximum Gasteiger partial charge on any atom is 0.227 e. The highest BCUT2D eigenvalue weighted by Gasteiger charge is 2.13. The summed E-state index contributed by atoms with van der Waals surface area (Å²) >= 11 is 0. The first kappa shape index (κ1) is 15.0. The normalized spacial score (nSPS) is 10.6. The van der Waals surface area contributed by atoms with Crippen molar-refractivity contribution in [3.8, 4) is 23.1 Å². The van der Waals surface area contributed by atoms with Crippen LogP contribution in [0.2, 0.25) is 0 Å². The van der Waals surface area contributed by atoms with Gasteiger partial charge < -0.3 is 14.2 Å². The van der Waals surface area contributed by atoms with Gasteiger partial charge in [0.1, 0.15) is 5.82 Å². The van der Waals surface area contributed by atoms with Crippen LogP contribution in [0.3, 0.4) is 0 Å². The van der Waals surface area contributed by atoms with E-state index in [0.29, 0.717) is 16.9 Å². The molecule has 0 unspecified atom stereocenters. The van der Waals surface area contributed by atoms with Gasteiger partial charge in [-0.2, -0.15) is 0 Å². The van der Waals surface area contributed by atoms with Crippen LogP contribution in [-0.2, 0) is 0 Å². The number of pyridine rings is 1. The van der Waals surface area contributed by atoms with E-state index in [0.717, 1.165) is 17.5 Å². The molecule has 0 amide bonds. The van der Waals surface area contributed by atoms with Gasteiger partial charge in [-0.15, -0.1) is 0 Å². The van der Waals surface area contributed by atoms with Crippen molar-refractivity contribution in [3.05, 3.63) is 54.2 Å². The third-order valence-corrected chi connectivity index (χ3v) is 3.33. The van der Waals surface area contributed by atoms with Gasteiger partial charge in [0.15, 0.2) is 23.1 Å². The smallest absolute Gasteiger partial charge is 0.227 e. The number of rotatable bonds is 4. The summed E-state index contributed by atoms with van der Waals surface area (Å²) in [5.74, 6) is -0.339. The molecule has 118 valence electrons. The Morgan fingerprint density at radius 2 is 1.61 bits per heavy atom. The highest BCUT2D eigenvalue weighted by molar-refractivity contribution is 5.90. The Morgan fingerprint density at radius 3 is 2.30 bits per heavy atom. The molecule has 1 aromatic heterocycles. The van der Waals surface area contributed by atoms with Gasteiger partial charge in [0.05, 0.1) is 14.2 Å². The van der Waals surface area contributed by atoms with E-state index in [1.165, 1.54) is 26.5 Å². The molecule has 3 rings (SSSR count). The monoisotopic (exact) mass is 317 g/mol. The van der Waals surface area contributed by atoms with Crippen LogP contribution in [0.4, 0.5) is 8.78 Å². The number of nitrogens with zero attached hydrogens (tertiary/aromatic N) is 1. The number of benzene rings is 2. The quantitative estimate of drug-likeness (QED) is 0.718. The lowest BCUT2D eigenvalue weighted by molar-refractivity contribution is 0.355. The Kier molecular flexibility index (Phi) is 3.97. The van der Waals surface area contributed by atoms with Crippen LogP contribution < -0.4 is 14.2 Å². The van der Waals surface area contributed by atoms with Crippen LogP contribution in [0, 0.1) is 11.6 Å². The average Bonchev–Trinajstić information content (AvgIpc) is 2.56. The predicted octanol–water partition coefficient (Wildman–Crippen LogP) is 4.32. The zero-order valence-corrected chi connectivity index (χ0v) is 12.5. The van der Waals surface area contributed by atoms with E-state index < -0.39 is 11.6 Å². The minimum atomic E-state index is -0.802.